The van der Waals surface area contributed by atoms with Crippen LogP contribution >= 0.6 is 11.3 Å². The number of fused-ring (bicyclic) bond motifs is 4. The summed E-state index contributed by atoms with van der Waals surface area (Å²) in [5, 5.41) is 12.8. The van der Waals surface area contributed by atoms with E-state index in [4.69, 9.17) is 5.73 Å². The first-order valence-electron chi connectivity index (χ1n) is 9.80. The molecule has 0 saturated heterocycles. The van der Waals surface area contributed by atoms with Crippen LogP contribution in [-0.2, 0) is 19.8 Å². The summed E-state index contributed by atoms with van der Waals surface area (Å²) in [6.07, 6.45) is -0.196. The molecule has 0 saturated carbocycles. The van der Waals surface area contributed by atoms with Crippen LogP contribution in [0.5, 0.6) is 0 Å². The topological polar surface area (TPSA) is 130 Å². The maximum Gasteiger partial charge on any atom is 0.346 e. The molecule has 2 aliphatic rings. The van der Waals surface area contributed by atoms with Crippen LogP contribution < -0.4 is 16.0 Å². The number of carboxylic acid groups (broad SMARTS) is 1. The normalized spacial score (nSPS) is 18.9. The maximum absolute atomic E-state index is 13.8. The number of anilines is 2. The highest BCUT2D eigenvalue weighted by Gasteiger charge is 2.58. The van der Waals surface area contributed by atoms with Crippen LogP contribution in [0.3, 0.4) is 0 Å². The van der Waals surface area contributed by atoms with Crippen LogP contribution in [0, 0.1) is 0 Å². The molecule has 4 N–H and O–H groups in total. The third-order valence-electron chi connectivity index (χ3n) is 5.82. The van der Waals surface area contributed by atoms with Gasteiger partial charge in [-0.25, -0.2) is 4.79 Å². The van der Waals surface area contributed by atoms with Crippen LogP contribution in [0.25, 0.3) is 11.1 Å². The minimum Gasteiger partial charge on any atom is -0.477 e. The molecule has 0 fully saturated rings. The van der Waals surface area contributed by atoms with Gasteiger partial charge in [0.1, 0.15) is 16.8 Å². The van der Waals surface area contributed by atoms with Crippen molar-refractivity contribution < 1.29 is 24.3 Å². The molecule has 160 valence electrons. The summed E-state index contributed by atoms with van der Waals surface area (Å²) in [7, 11) is 0. The molecule has 0 unspecified atom stereocenters. The number of nitrogens with two attached hydrogens (primary N) is 1. The summed E-state index contributed by atoms with van der Waals surface area (Å²) in [5.41, 5.74) is 6.31. The number of hydrogen-bond acceptors (Lipinski definition) is 5. The molecule has 2 aromatic carbocycles. The van der Waals surface area contributed by atoms with Crippen LogP contribution in [0.4, 0.5) is 11.4 Å². The Morgan fingerprint density at radius 2 is 1.78 bits per heavy atom. The molecule has 0 radical (unpaired) electrons. The lowest BCUT2D eigenvalue weighted by atomic mass is 9.74. The molecule has 0 aliphatic carbocycles. The highest BCUT2D eigenvalue weighted by atomic mass is 32.1. The largest absolute Gasteiger partial charge is 0.477 e. The number of aromatic carboxylic acids is 1. The van der Waals surface area contributed by atoms with Gasteiger partial charge in [0.15, 0.2) is 0 Å². The summed E-state index contributed by atoms with van der Waals surface area (Å²) < 4.78 is 0. The molecule has 1 aromatic heterocycles. The number of hydrogen-bond donors (Lipinski definition) is 3. The number of primary amides is 1. The second-order valence-corrected chi connectivity index (χ2v) is 8.71. The van der Waals surface area contributed by atoms with Gasteiger partial charge in [-0.1, -0.05) is 48.5 Å². The molecular weight excluding hydrogens is 430 g/mol. The first kappa shape index (κ1) is 20.0. The highest BCUT2D eigenvalue weighted by molar-refractivity contribution is 7.15. The van der Waals surface area contributed by atoms with Gasteiger partial charge in [-0.05, 0) is 17.2 Å². The van der Waals surface area contributed by atoms with E-state index in [1.165, 1.54) is 4.90 Å². The molecule has 9 heteroatoms. The molecule has 2 aliphatic heterocycles. The standard InChI is InChI=1S/C23H17N3O5S/c24-15(27)11-26-14-9-5-4-8-13(14)23(22(26)31)10-16(28)25-18-17(12-6-2-1-3-7-12)19(21(29)30)32-20(18)23/h1-9H,10-11H2,(H2,24,27)(H,25,28)(H,29,30)/t23-/m1/s1. The average molecular weight is 447 g/mol. The van der Waals surface area contributed by atoms with E-state index in [0.717, 1.165) is 11.3 Å². The second-order valence-electron chi connectivity index (χ2n) is 7.69. The Hall–Kier alpha value is -3.98. The van der Waals surface area contributed by atoms with Crippen LogP contribution in [0.15, 0.2) is 54.6 Å². The van der Waals surface area contributed by atoms with E-state index in [9.17, 15) is 24.3 Å². The zero-order valence-electron chi connectivity index (χ0n) is 16.6. The Kier molecular flexibility index (Phi) is 4.38. The monoisotopic (exact) mass is 447 g/mol. The molecule has 3 heterocycles. The van der Waals surface area contributed by atoms with E-state index in [1.807, 2.05) is 0 Å². The van der Waals surface area contributed by atoms with Crippen LogP contribution in [0.1, 0.15) is 26.5 Å². The van der Waals surface area contributed by atoms with Gasteiger partial charge in [0, 0.05) is 11.3 Å². The number of carboxylic acids is 1. The fourth-order valence-corrected chi connectivity index (χ4v) is 5.93. The molecular formula is C23H17N3O5S. The number of rotatable bonds is 4. The van der Waals surface area contributed by atoms with Crippen molar-refractivity contribution in [1.82, 2.24) is 0 Å². The number of para-hydroxylation sites is 1. The van der Waals surface area contributed by atoms with E-state index >= 15 is 0 Å². The Labute approximate surface area is 186 Å². The summed E-state index contributed by atoms with van der Waals surface area (Å²) in [5.74, 6) is -2.71. The summed E-state index contributed by atoms with van der Waals surface area (Å²) in [6.45, 7) is -0.336. The first-order chi connectivity index (χ1) is 15.3. The number of carbonyl (C=O) groups excluding carboxylic acids is 3. The van der Waals surface area contributed by atoms with Gasteiger partial charge in [0.25, 0.3) is 0 Å². The Balaban J connectivity index is 1.83. The third kappa shape index (κ3) is 2.68. The number of benzene rings is 2. The van der Waals surface area contributed by atoms with E-state index in [1.54, 1.807) is 54.6 Å². The van der Waals surface area contributed by atoms with E-state index < -0.39 is 29.1 Å². The minimum atomic E-state index is -1.42. The van der Waals surface area contributed by atoms with Gasteiger partial charge >= 0.3 is 5.97 Å². The van der Waals surface area contributed by atoms with Gasteiger partial charge in [0.2, 0.25) is 17.7 Å². The van der Waals surface area contributed by atoms with E-state index in [-0.39, 0.29) is 17.8 Å². The SMILES string of the molecule is NC(=O)CN1C(=O)[C@]2(CC(=O)Nc3c2sc(C(=O)O)c3-c2ccccc2)c2ccccc21. The van der Waals surface area contributed by atoms with Gasteiger partial charge in [0.05, 0.1) is 17.0 Å². The van der Waals surface area contributed by atoms with Gasteiger partial charge in [-0.2, -0.15) is 0 Å². The Morgan fingerprint density at radius 1 is 1.09 bits per heavy atom. The lowest BCUT2D eigenvalue weighted by molar-refractivity contribution is -0.127. The van der Waals surface area contributed by atoms with Crippen molar-refractivity contribution in [2.45, 2.75) is 11.8 Å². The van der Waals surface area contributed by atoms with Crippen molar-refractivity contribution >= 4 is 46.4 Å². The van der Waals surface area contributed by atoms with E-state index in [2.05, 4.69) is 5.32 Å². The molecule has 5 rings (SSSR count). The van der Waals surface area contributed by atoms with Gasteiger partial charge in [-0.3, -0.25) is 14.4 Å². The van der Waals surface area contributed by atoms with Crippen molar-refractivity contribution in [3.8, 4) is 11.1 Å². The molecule has 0 bridgehead atoms. The fraction of sp³-hybridized carbons (Fsp3) is 0.130. The second kappa shape index (κ2) is 7.03. The van der Waals surface area contributed by atoms with Gasteiger partial charge in [-0.15, -0.1) is 11.3 Å². The Morgan fingerprint density at radius 3 is 2.47 bits per heavy atom. The molecule has 3 aromatic rings. The van der Waals surface area contributed by atoms with Crippen molar-refractivity contribution in [2.75, 3.05) is 16.8 Å². The van der Waals surface area contributed by atoms with Crippen molar-refractivity contribution in [1.29, 1.82) is 0 Å². The maximum atomic E-state index is 13.8. The number of amides is 3. The molecule has 3 amide bonds. The molecule has 32 heavy (non-hydrogen) atoms. The highest BCUT2D eigenvalue weighted by Crippen LogP contribution is 2.57. The van der Waals surface area contributed by atoms with Crippen molar-refractivity contribution in [3.63, 3.8) is 0 Å². The quantitative estimate of drug-likeness (QED) is 0.566. The van der Waals surface area contributed by atoms with Gasteiger partial charge < -0.3 is 21.1 Å². The lowest BCUT2D eigenvalue weighted by Gasteiger charge is -2.32. The van der Waals surface area contributed by atoms with Crippen molar-refractivity contribution in [3.05, 3.63) is 69.9 Å². The van der Waals surface area contributed by atoms with Crippen LogP contribution in [-0.4, -0.2) is 35.3 Å². The predicted molar refractivity (Wildman–Crippen MR) is 119 cm³/mol. The summed E-state index contributed by atoms with van der Waals surface area (Å²) >= 11 is 0.973. The number of nitrogens with zero attached hydrogens (tertiary/aromatic N) is 1. The number of carbonyl (C=O) groups is 4. The summed E-state index contributed by atoms with van der Waals surface area (Å²) in [4.78, 5) is 52.4. The predicted octanol–water partition coefficient (Wildman–Crippen LogP) is 2.57. The smallest absolute Gasteiger partial charge is 0.346 e. The lowest BCUT2D eigenvalue weighted by Crippen LogP contribution is -2.47. The third-order valence-corrected chi connectivity index (χ3v) is 7.16. The summed E-state index contributed by atoms with van der Waals surface area (Å²) in [6, 6.07) is 15.8. The zero-order chi connectivity index (χ0) is 22.6. The number of thiophene rings is 1. The fourth-order valence-electron chi connectivity index (χ4n) is 4.61. The molecule has 8 nitrogen and oxygen atoms in total. The van der Waals surface area contributed by atoms with Crippen LogP contribution in [0.2, 0.25) is 0 Å². The number of nitrogens with one attached hydrogen (secondary N) is 1. The van der Waals surface area contributed by atoms with Crippen molar-refractivity contribution in [2.24, 2.45) is 5.73 Å². The van der Waals surface area contributed by atoms with E-state index in [0.29, 0.717) is 32.9 Å². The first-order valence-corrected chi connectivity index (χ1v) is 10.6. The molecule has 1 atom stereocenters. The average Bonchev–Trinajstić information content (AvgIpc) is 3.25. The minimum absolute atomic E-state index is 0.0291. The molecule has 1 spiro atoms. The zero-order valence-corrected chi connectivity index (χ0v) is 17.4. The Bertz CT molecular complexity index is 1320.